The molecule has 0 aromatic heterocycles. The number of para-hydroxylation sites is 2. The van der Waals surface area contributed by atoms with Crippen molar-refractivity contribution in [1.29, 1.82) is 0 Å². The van der Waals surface area contributed by atoms with Gasteiger partial charge in [0, 0.05) is 5.69 Å². The monoisotopic (exact) mass is 384 g/mol. The maximum Gasteiger partial charge on any atom is 0.239 e. The van der Waals surface area contributed by atoms with E-state index in [2.05, 4.69) is 10.6 Å². The van der Waals surface area contributed by atoms with Crippen molar-refractivity contribution in [3.63, 3.8) is 0 Å². The van der Waals surface area contributed by atoms with Gasteiger partial charge >= 0.3 is 0 Å². The molecule has 2 aromatic rings. The lowest BCUT2D eigenvalue weighted by molar-refractivity contribution is -0.135. The molecule has 0 atom stereocenters. The lowest BCUT2D eigenvalue weighted by Crippen LogP contribution is -2.41. The van der Waals surface area contributed by atoms with Crippen molar-refractivity contribution >= 4 is 23.2 Å². The van der Waals surface area contributed by atoms with E-state index >= 15 is 0 Å². The van der Waals surface area contributed by atoms with Crippen LogP contribution in [0.2, 0.25) is 0 Å². The number of hydrogen-bond acceptors (Lipinski definition) is 4. The van der Waals surface area contributed by atoms with Crippen LogP contribution in [0.4, 0.5) is 11.4 Å². The Hall–Kier alpha value is -3.02. The number of hydrogen-bond donors (Lipinski definition) is 2. The van der Waals surface area contributed by atoms with Gasteiger partial charge in [-0.25, -0.2) is 0 Å². The molecule has 0 unspecified atom stereocenters. The van der Waals surface area contributed by atoms with Gasteiger partial charge in [-0.15, -0.1) is 0 Å². The molecule has 2 rings (SSSR count). The number of carbonyl (C=O) groups is 2. The Morgan fingerprint density at radius 2 is 1.57 bits per heavy atom. The summed E-state index contributed by atoms with van der Waals surface area (Å²) >= 11 is 0. The second-order valence-electron chi connectivity index (χ2n) is 7.15. The molecule has 2 N–H and O–H groups in total. The third-order valence-corrected chi connectivity index (χ3v) is 4.05. The van der Waals surface area contributed by atoms with E-state index in [0.29, 0.717) is 23.7 Å². The zero-order valence-corrected chi connectivity index (χ0v) is 17.0. The average Bonchev–Trinajstić information content (AvgIpc) is 2.64. The summed E-state index contributed by atoms with van der Waals surface area (Å²) in [5.41, 5.74) is -0.158. The van der Waals surface area contributed by atoms with E-state index in [0.717, 1.165) is 5.75 Å². The highest BCUT2D eigenvalue weighted by Gasteiger charge is 2.36. The minimum atomic E-state index is -1.29. The smallest absolute Gasteiger partial charge is 0.239 e. The van der Waals surface area contributed by atoms with E-state index in [1.54, 1.807) is 56.3 Å². The van der Waals surface area contributed by atoms with Crippen LogP contribution in [0.25, 0.3) is 0 Å². The fraction of sp³-hybridized carbons (Fsp3) is 0.364. The summed E-state index contributed by atoms with van der Waals surface area (Å²) in [6.07, 6.45) is 0.0719. The SMILES string of the molecule is CCOc1ccccc1NC(=O)C(C)(C)C(=O)Nc1ccc(OC(C)C)cc1. The molecule has 0 saturated carbocycles. The molecule has 28 heavy (non-hydrogen) atoms. The molecule has 0 spiro atoms. The van der Waals surface area contributed by atoms with Gasteiger partial charge in [0.15, 0.2) is 0 Å². The Labute approximate surface area is 166 Å². The molecule has 2 aromatic carbocycles. The summed E-state index contributed by atoms with van der Waals surface area (Å²) < 4.78 is 11.1. The van der Waals surface area contributed by atoms with Crippen molar-refractivity contribution in [3.05, 3.63) is 48.5 Å². The van der Waals surface area contributed by atoms with Gasteiger partial charge in [0.25, 0.3) is 0 Å². The van der Waals surface area contributed by atoms with Crippen LogP contribution >= 0.6 is 0 Å². The van der Waals surface area contributed by atoms with Crippen LogP contribution in [0.1, 0.15) is 34.6 Å². The van der Waals surface area contributed by atoms with Crippen LogP contribution < -0.4 is 20.1 Å². The van der Waals surface area contributed by atoms with E-state index in [1.165, 1.54) is 0 Å². The van der Waals surface area contributed by atoms with E-state index < -0.39 is 17.2 Å². The Morgan fingerprint density at radius 1 is 0.964 bits per heavy atom. The predicted octanol–water partition coefficient (Wildman–Crippen LogP) is 4.48. The van der Waals surface area contributed by atoms with Crippen LogP contribution in [0.15, 0.2) is 48.5 Å². The fourth-order valence-corrected chi connectivity index (χ4v) is 2.41. The summed E-state index contributed by atoms with van der Waals surface area (Å²) in [5, 5.41) is 5.57. The van der Waals surface area contributed by atoms with Crippen LogP contribution in [0.3, 0.4) is 0 Å². The first kappa shape index (κ1) is 21.3. The van der Waals surface area contributed by atoms with Gasteiger partial charge in [-0.1, -0.05) is 12.1 Å². The molecule has 0 bridgehead atoms. The number of nitrogens with one attached hydrogen (secondary N) is 2. The summed E-state index contributed by atoms with van der Waals surface area (Å²) in [4.78, 5) is 25.5. The zero-order chi connectivity index (χ0) is 20.7. The third-order valence-electron chi connectivity index (χ3n) is 4.05. The highest BCUT2D eigenvalue weighted by molar-refractivity contribution is 6.14. The molecular weight excluding hydrogens is 356 g/mol. The summed E-state index contributed by atoms with van der Waals surface area (Å²) in [6, 6.07) is 14.2. The fourth-order valence-electron chi connectivity index (χ4n) is 2.41. The van der Waals surface area contributed by atoms with Crippen LogP contribution in [-0.2, 0) is 9.59 Å². The van der Waals surface area contributed by atoms with Crippen molar-refractivity contribution in [2.24, 2.45) is 5.41 Å². The molecule has 0 aliphatic heterocycles. The molecule has 6 heteroatoms. The lowest BCUT2D eigenvalue weighted by atomic mass is 9.90. The van der Waals surface area contributed by atoms with E-state index in [-0.39, 0.29) is 6.10 Å². The van der Waals surface area contributed by atoms with Gasteiger partial charge in [0.1, 0.15) is 16.9 Å². The van der Waals surface area contributed by atoms with Gasteiger partial charge in [-0.2, -0.15) is 0 Å². The third kappa shape index (κ3) is 5.49. The molecule has 0 aliphatic rings. The number of benzene rings is 2. The quantitative estimate of drug-likeness (QED) is 0.658. The molecule has 0 saturated heterocycles. The lowest BCUT2D eigenvalue weighted by Gasteiger charge is -2.23. The summed E-state index contributed by atoms with van der Waals surface area (Å²) in [6.45, 7) is 9.40. The van der Waals surface area contributed by atoms with Crippen molar-refractivity contribution < 1.29 is 19.1 Å². The van der Waals surface area contributed by atoms with Gasteiger partial charge in [0.05, 0.1) is 18.4 Å². The minimum Gasteiger partial charge on any atom is -0.492 e. The molecule has 0 radical (unpaired) electrons. The Balaban J connectivity index is 2.06. The first-order valence-electron chi connectivity index (χ1n) is 9.35. The van der Waals surface area contributed by atoms with Crippen molar-refractivity contribution in [2.75, 3.05) is 17.2 Å². The van der Waals surface area contributed by atoms with E-state index in [9.17, 15) is 9.59 Å². The Bertz CT molecular complexity index is 814. The molecule has 0 fully saturated rings. The normalized spacial score (nSPS) is 11.1. The maximum atomic E-state index is 12.8. The van der Waals surface area contributed by atoms with Crippen LogP contribution in [0, 0.1) is 5.41 Å². The van der Waals surface area contributed by atoms with Gasteiger partial charge in [0.2, 0.25) is 11.8 Å². The van der Waals surface area contributed by atoms with Crippen LogP contribution in [0.5, 0.6) is 11.5 Å². The maximum absolute atomic E-state index is 12.8. The standard InChI is InChI=1S/C22H28N2O4/c1-6-27-19-10-8-7-9-18(19)24-21(26)22(4,5)20(25)23-16-11-13-17(14-12-16)28-15(2)3/h7-15H,6H2,1-5H3,(H,23,25)(H,24,26). The minimum absolute atomic E-state index is 0.0719. The van der Waals surface area contributed by atoms with Crippen molar-refractivity contribution in [2.45, 2.75) is 40.7 Å². The van der Waals surface area contributed by atoms with Crippen molar-refractivity contribution in [1.82, 2.24) is 0 Å². The number of carbonyl (C=O) groups excluding carboxylic acids is 2. The number of anilines is 2. The van der Waals surface area contributed by atoms with E-state index in [1.807, 2.05) is 26.8 Å². The second-order valence-corrected chi connectivity index (χ2v) is 7.15. The highest BCUT2D eigenvalue weighted by atomic mass is 16.5. The number of amides is 2. The van der Waals surface area contributed by atoms with Gasteiger partial charge < -0.3 is 20.1 Å². The molecule has 6 nitrogen and oxygen atoms in total. The Morgan fingerprint density at radius 3 is 2.18 bits per heavy atom. The predicted molar refractivity (Wildman–Crippen MR) is 111 cm³/mol. The topological polar surface area (TPSA) is 76.7 Å². The largest absolute Gasteiger partial charge is 0.492 e. The molecule has 0 heterocycles. The first-order chi connectivity index (χ1) is 13.2. The molecule has 2 amide bonds. The first-order valence-corrected chi connectivity index (χ1v) is 9.35. The second kappa shape index (κ2) is 9.26. The van der Waals surface area contributed by atoms with Gasteiger partial charge in [-0.05, 0) is 71.0 Å². The molecule has 150 valence electrons. The number of ether oxygens (including phenoxy) is 2. The molecular formula is C22H28N2O4. The average molecular weight is 384 g/mol. The summed E-state index contributed by atoms with van der Waals surface area (Å²) in [7, 11) is 0. The van der Waals surface area contributed by atoms with E-state index in [4.69, 9.17) is 9.47 Å². The molecule has 0 aliphatic carbocycles. The van der Waals surface area contributed by atoms with Crippen LogP contribution in [-0.4, -0.2) is 24.5 Å². The Kier molecular flexibility index (Phi) is 7.04. The zero-order valence-electron chi connectivity index (χ0n) is 17.0. The van der Waals surface area contributed by atoms with Gasteiger partial charge in [-0.3, -0.25) is 9.59 Å². The summed E-state index contributed by atoms with van der Waals surface area (Å²) in [5.74, 6) is 0.459. The highest BCUT2D eigenvalue weighted by Crippen LogP contribution is 2.27. The number of rotatable bonds is 8. The van der Waals surface area contributed by atoms with Crippen molar-refractivity contribution in [3.8, 4) is 11.5 Å².